The number of nitrogens with zero attached hydrogens (tertiary/aromatic N) is 3. The number of aromatic amines is 1. The van der Waals surface area contributed by atoms with Crippen LogP contribution >= 0.6 is 12.4 Å². The zero-order valence-corrected chi connectivity index (χ0v) is 19.1. The lowest BCUT2D eigenvalue weighted by molar-refractivity contribution is -0.113. The molecule has 0 bridgehead atoms. The molecule has 2 aliphatic rings. The highest BCUT2D eigenvalue weighted by Gasteiger charge is 2.35. The molecule has 8 heteroatoms. The van der Waals surface area contributed by atoms with E-state index in [0.717, 1.165) is 66.0 Å². The van der Waals surface area contributed by atoms with Crippen molar-refractivity contribution < 1.29 is 9.32 Å². The lowest BCUT2D eigenvalue weighted by atomic mass is 9.86. The Morgan fingerprint density at radius 1 is 1.22 bits per heavy atom. The molecule has 1 aromatic carbocycles. The van der Waals surface area contributed by atoms with Crippen molar-refractivity contribution in [3.63, 3.8) is 0 Å². The molecule has 0 radical (unpaired) electrons. The number of H-pyrrole nitrogens is 1. The van der Waals surface area contributed by atoms with Crippen LogP contribution in [-0.2, 0) is 4.79 Å². The van der Waals surface area contributed by atoms with Gasteiger partial charge in [-0.15, -0.1) is 12.4 Å². The number of benzene rings is 1. The van der Waals surface area contributed by atoms with E-state index in [9.17, 15) is 4.79 Å². The summed E-state index contributed by atoms with van der Waals surface area (Å²) in [5.41, 5.74) is 12.6. The van der Waals surface area contributed by atoms with Crippen molar-refractivity contribution in [2.75, 3.05) is 11.4 Å². The molecule has 0 unspecified atom stereocenters. The average Bonchev–Trinajstić information content (AvgIpc) is 3.45. The van der Waals surface area contributed by atoms with Crippen LogP contribution < -0.4 is 10.6 Å². The van der Waals surface area contributed by atoms with Crippen LogP contribution in [0.4, 0.5) is 5.69 Å². The van der Waals surface area contributed by atoms with Gasteiger partial charge in [-0.2, -0.15) is 4.98 Å². The summed E-state index contributed by atoms with van der Waals surface area (Å²) in [6.07, 6.45) is 7.47. The number of aromatic nitrogens is 3. The second-order valence-corrected chi connectivity index (χ2v) is 8.79. The van der Waals surface area contributed by atoms with Crippen LogP contribution in [0.1, 0.15) is 48.2 Å². The van der Waals surface area contributed by atoms with E-state index in [2.05, 4.69) is 28.1 Å². The van der Waals surface area contributed by atoms with Crippen LogP contribution in [0.5, 0.6) is 0 Å². The van der Waals surface area contributed by atoms with Crippen molar-refractivity contribution >= 4 is 35.7 Å². The number of hydrogen-bond acceptors (Lipinski definition) is 5. The van der Waals surface area contributed by atoms with Gasteiger partial charge in [0.2, 0.25) is 12.2 Å². The summed E-state index contributed by atoms with van der Waals surface area (Å²) in [6, 6.07) is 8.33. The Bertz CT molecular complexity index is 1140. The minimum absolute atomic E-state index is 0. The fraction of sp³-hybridized carbons (Fsp3) is 0.375. The SMILES string of the molecule is Cc1cc(C)c(/C=C2\C(=O)N(CC3CCC(N)CC3)c3ccc(-c4ncon4)cc32)[nH]1.Cl. The summed E-state index contributed by atoms with van der Waals surface area (Å²) in [5, 5.41) is 3.96. The molecular weight excluding hydrogens is 426 g/mol. The minimum atomic E-state index is 0. The van der Waals surface area contributed by atoms with Crippen LogP contribution in [0.15, 0.2) is 35.2 Å². The second kappa shape index (κ2) is 8.92. The number of amides is 1. The Labute approximate surface area is 193 Å². The van der Waals surface area contributed by atoms with Crippen molar-refractivity contribution in [2.24, 2.45) is 11.7 Å². The maximum absolute atomic E-state index is 13.6. The first-order valence-corrected chi connectivity index (χ1v) is 10.9. The monoisotopic (exact) mass is 453 g/mol. The van der Waals surface area contributed by atoms with E-state index >= 15 is 0 Å². The first kappa shape index (κ1) is 22.3. The van der Waals surface area contributed by atoms with E-state index < -0.39 is 0 Å². The van der Waals surface area contributed by atoms with Gasteiger partial charge in [0.05, 0.1) is 11.3 Å². The highest BCUT2D eigenvalue weighted by atomic mass is 35.5. The van der Waals surface area contributed by atoms with Gasteiger partial charge in [0, 0.05) is 35.1 Å². The molecule has 168 valence electrons. The maximum atomic E-state index is 13.6. The third-order valence-corrected chi connectivity index (χ3v) is 6.48. The van der Waals surface area contributed by atoms with Gasteiger partial charge < -0.3 is 20.1 Å². The van der Waals surface area contributed by atoms with Crippen molar-refractivity contribution in [1.82, 2.24) is 15.1 Å². The Morgan fingerprint density at radius 3 is 2.66 bits per heavy atom. The van der Waals surface area contributed by atoms with E-state index in [1.165, 1.54) is 6.39 Å². The molecule has 32 heavy (non-hydrogen) atoms. The van der Waals surface area contributed by atoms with E-state index in [4.69, 9.17) is 10.3 Å². The summed E-state index contributed by atoms with van der Waals surface area (Å²) in [4.78, 5) is 23.1. The molecule has 0 atom stereocenters. The zero-order chi connectivity index (χ0) is 21.5. The predicted molar refractivity (Wildman–Crippen MR) is 127 cm³/mol. The lowest BCUT2D eigenvalue weighted by Crippen LogP contribution is -2.36. The van der Waals surface area contributed by atoms with E-state index in [1.54, 1.807) is 0 Å². The molecule has 1 aliphatic carbocycles. The minimum Gasteiger partial charge on any atom is -0.359 e. The van der Waals surface area contributed by atoms with Crippen molar-refractivity contribution in [2.45, 2.75) is 45.6 Å². The molecule has 7 nitrogen and oxygen atoms in total. The third-order valence-electron chi connectivity index (χ3n) is 6.48. The number of nitrogens with two attached hydrogens (primary N) is 1. The van der Waals surface area contributed by atoms with Crippen LogP contribution in [0, 0.1) is 19.8 Å². The van der Waals surface area contributed by atoms with Crippen LogP contribution in [0.25, 0.3) is 23.0 Å². The van der Waals surface area contributed by atoms with Crippen LogP contribution in [-0.4, -0.2) is 33.6 Å². The van der Waals surface area contributed by atoms with Gasteiger partial charge in [-0.05, 0) is 81.4 Å². The van der Waals surface area contributed by atoms with Gasteiger partial charge in [-0.1, -0.05) is 5.16 Å². The molecular formula is C24H28ClN5O2. The Morgan fingerprint density at radius 2 is 2.00 bits per heavy atom. The van der Waals surface area contributed by atoms with Gasteiger partial charge in [0.1, 0.15) is 0 Å². The van der Waals surface area contributed by atoms with Gasteiger partial charge in [-0.25, -0.2) is 0 Å². The number of aryl methyl sites for hydroxylation is 2. The highest BCUT2D eigenvalue weighted by Crippen LogP contribution is 2.41. The summed E-state index contributed by atoms with van der Waals surface area (Å²) in [7, 11) is 0. The number of hydrogen-bond donors (Lipinski definition) is 2. The average molecular weight is 454 g/mol. The summed E-state index contributed by atoms with van der Waals surface area (Å²) in [5.74, 6) is 1.03. The first-order chi connectivity index (χ1) is 15.0. The Hall–Kier alpha value is -2.90. The molecule has 3 heterocycles. The molecule has 1 aliphatic heterocycles. The number of carbonyl (C=O) groups is 1. The molecule has 1 fully saturated rings. The molecule has 3 N–H and O–H groups in total. The summed E-state index contributed by atoms with van der Waals surface area (Å²) in [6.45, 7) is 4.79. The Kier molecular flexibility index (Phi) is 6.22. The fourth-order valence-corrected chi connectivity index (χ4v) is 4.79. The molecule has 2 aromatic heterocycles. The van der Waals surface area contributed by atoms with Crippen LogP contribution in [0.3, 0.4) is 0 Å². The molecule has 0 spiro atoms. The molecule has 3 aromatic rings. The standard InChI is InChI=1S/C24H27N5O2.ClH/c1-14-9-15(2)27-21(14)11-20-19-10-17(23-26-13-31-28-23)5-8-22(19)29(24(20)30)12-16-3-6-18(25)7-4-16;/h5,8-11,13,16,18,27H,3-4,6-7,12,25H2,1-2H3;1H/b20-11-;. The molecule has 1 saturated carbocycles. The maximum Gasteiger partial charge on any atom is 0.259 e. The largest absolute Gasteiger partial charge is 0.359 e. The van der Waals surface area contributed by atoms with E-state index in [1.807, 2.05) is 36.1 Å². The quantitative estimate of drug-likeness (QED) is 0.566. The van der Waals surface area contributed by atoms with E-state index in [0.29, 0.717) is 23.4 Å². The fourth-order valence-electron chi connectivity index (χ4n) is 4.79. The number of nitrogens with one attached hydrogen (secondary N) is 1. The van der Waals surface area contributed by atoms with E-state index in [-0.39, 0.29) is 18.3 Å². The summed E-state index contributed by atoms with van der Waals surface area (Å²) < 4.78 is 4.91. The number of rotatable bonds is 4. The smallest absolute Gasteiger partial charge is 0.259 e. The molecule has 1 amide bonds. The predicted octanol–water partition coefficient (Wildman–Crippen LogP) is 4.51. The normalized spacial score (nSPS) is 21.7. The topological polar surface area (TPSA) is 101 Å². The van der Waals surface area contributed by atoms with Gasteiger partial charge in [0.25, 0.3) is 5.91 Å². The Balaban J connectivity index is 0.00000245. The first-order valence-electron chi connectivity index (χ1n) is 10.9. The van der Waals surface area contributed by atoms with Gasteiger partial charge in [0.15, 0.2) is 0 Å². The highest BCUT2D eigenvalue weighted by molar-refractivity contribution is 6.36. The number of carbonyl (C=O) groups excluding carboxylic acids is 1. The molecule has 0 saturated heterocycles. The molecule has 5 rings (SSSR count). The van der Waals surface area contributed by atoms with Gasteiger partial charge >= 0.3 is 0 Å². The lowest BCUT2D eigenvalue weighted by Gasteiger charge is -2.29. The van der Waals surface area contributed by atoms with Gasteiger partial charge in [-0.3, -0.25) is 4.79 Å². The van der Waals surface area contributed by atoms with Crippen LogP contribution in [0.2, 0.25) is 0 Å². The van der Waals surface area contributed by atoms with Crippen molar-refractivity contribution in [3.8, 4) is 11.4 Å². The van der Waals surface area contributed by atoms with Crippen molar-refractivity contribution in [3.05, 3.63) is 53.2 Å². The number of anilines is 1. The number of halogens is 1. The zero-order valence-electron chi connectivity index (χ0n) is 18.3. The third kappa shape index (κ3) is 4.10. The van der Waals surface area contributed by atoms with Crippen molar-refractivity contribution in [1.29, 1.82) is 0 Å². The number of fused-ring (bicyclic) bond motifs is 1. The summed E-state index contributed by atoms with van der Waals surface area (Å²) >= 11 is 0. The second-order valence-electron chi connectivity index (χ2n) is 8.79.